The predicted molar refractivity (Wildman–Crippen MR) is 79.7 cm³/mol. The van der Waals surface area contributed by atoms with Crippen LogP contribution in [0.2, 0.25) is 0 Å². The first-order valence-electron chi connectivity index (χ1n) is 6.60. The van der Waals surface area contributed by atoms with Crippen LogP contribution in [0.15, 0.2) is 47.4 Å². The lowest BCUT2D eigenvalue weighted by Gasteiger charge is -2.09. The first kappa shape index (κ1) is 12.5. The van der Waals surface area contributed by atoms with Gasteiger partial charge in [0.25, 0.3) is 5.56 Å². The summed E-state index contributed by atoms with van der Waals surface area (Å²) >= 11 is 0. The van der Waals surface area contributed by atoms with Gasteiger partial charge in [-0.25, -0.2) is 4.98 Å². The molecule has 2 aromatic heterocycles. The molecular weight excluding hydrogens is 250 g/mol. The SMILES string of the molecule is CC(C)c1nc(-c2cccc3ncccc23)cc(=O)[nH]1. The number of H-pyrrole nitrogens is 1. The van der Waals surface area contributed by atoms with Crippen molar-refractivity contribution < 1.29 is 0 Å². The number of hydrogen-bond acceptors (Lipinski definition) is 3. The summed E-state index contributed by atoms with van der Waals surface area (Å²) in [6, 6.07) is 11.3. The molecule has 3 rings (SSSR count). The van der Waals surface area contributed by atoms with Crippen molar-refractivity contribution in [3.05, 3.63) is 58.8 Å². The summed E-state index contributed by atoms with van der Waals surface area (Å²) in [6.45, 7) is 4.01. The van der Waals surface area contributed by atoms with Crippen LogP contribution in [0.4, 0.5) is 0 Å². The largest absolute Gasteiger partial charge is 0.310 e. The molecule has 1 N–H and O–H groups in total. The Labute approximate surface area is 116 Å². The van der Waals surface area contributed by atoms with Crippen molar-refractivity contribution in [2.45, 2.75) is 19.8 Å². The molecule has 20 heavy (non-hydrogen) atoms. The number of hydrogen-bond donors (Lipinski definition) is 1. The maximum atomic E-state index is 11.8. The molecule has 2 heterocycles. The van der Waals surface area contributed by atoms with E-state index in [4.69, 9.17) is 0 Å². The third kappa shape index (κ3) is 2.20. The molecule has 0 amide bonds. The molecule has 0 radical (unpaired) electrons. The highest BCUT2D eigenvalue weighted by Crippen LogP contribution is 2.25. The Morgan fingerprint density at radius 2 is 2.00 bits per heavy atom. The molecule has 1 aromatic carbocycles. The maximum absolute atomic E-state index is 11.8. The third-order valence-electron chi connectivity index (χ3n) is 3.23. The van der Waals surface area contributed by atoms with Crippen molar-refractivity contribution in [2.75, 3.05) is 0 Å². The van der Waals surface area contributed by atoms with Crippen LogP contribution in [0, 0.1) is 0 Å². The van der Waals surface area contributed by atoms with Crippen LogP contribution in [-0.4, -0.2) is 15.0 Å². The topological polar surface area (TPSA) is 58.6 Å². The standard InChI is InChI=1S/C16H15N3O/c1-10(2)16-18-14(9-15(20)19-16)12-5-3-7-13-11(12)6-4-8-17-13/h3-10H,1-2H3,(H,18,19,20). The minimum atomic E-state index is -0.125. The van der Waals surface area contributed by atoms with Crippen LogP contribution in [0.3, 0.4) is 0 Å². The van der Waals surface area contributed by atoms with Gasteiger partial charge in [0.15, 0.2) is 0 Å². The summed E-state index contributed by atoms with van der Waals surface area (Å²) < 4.78 is 0. The van der Waals surface area contributed by atoms with Gasteiger partial charge in [0.05, 0.1) is 11.2 Å². The smallest absolute Gasteiger partial charge is 0.251 e. The number of nitrogens with zero attached hydrogens (tertiary/aromatic N) is 2. The van der Waals surface area contributed by atoms with E-state index in [0.717, 1.165) is 16.5 Å². The Hall–Kier alpha value is -2.49. The van der Waals surface area contributed by atoms with Gasteiger partial charge in [-0.15, -0.1) is 0 Å². The zero-order chi connectivity index (χ0) is 14.1. The van der Waals surface area contributed by atoms with E-state index in [1.807, 2.05) is 44.2 Å². The molecule has 0 atom stereocenters. The monoisotopic (exact) mass is 265 g/mol. The zero-order valence-corrected chi connectivity index (χ0v) is 11.4. The lowest BCUT2D eigenvalue weighted by molar-refractivity contribution is 0.768. The second-order valence-electron chi connectivity index (χ2n) is 5.05. The Morgan fingerprint density at radius 1 is 1.15 bits per heavy atom. The van der Waals surface area contributed by atoms with Crippen molar-refractivity contribution in [2.24, 2.45) is 0 Å². The second kappa shape index (κ2) is 4.89. The number of nitrogens with one attached hydrogen (secondary N) is 1. The van der Waals surface area contributed by atoms with Crippen molar-refractivity contribution >= 4 is 10.9 Å². The summed E-state index contributed by atoms with van der Waals surface area (Å²) in [4.78, 5) is 23.5. The van der Waals surface area contributed by atoms with E-state index >= 15 is 0 Å². The van der Waals surface area contributed by atoms with Gasteiger partial charge < -0.3 is 4.98 Å². The quantitative estimate of drug-likeness (QED) is 0.774. The summed E-state index contributed by atoms with van der Waals surface area (Å²) in [6.07, 6.45) is 1.76. The highest BCUT2D eigenvalue weighted by Gasteiger charge is 2.09. The predicted octanol–water partition coefficient (Wildman–Crippen LogP) is 3.11. The Balaban J connectivity index is 2.28. The lowest BCUT2D eigenvalue weighted by Crippen LogP contribution is -2.12. The first-order chi connectivity index (χ1) is 9.65. The van der Waals surface area contributed by atoms with Gasteiger partial charge in [0.2, 0.25) is 0 Å². The Bertz CT molecular complexity index is 816. The first-order valence-corrected chi connectivity index (χ1v) is 6.60. The molecule has 0 fully saturated rings. The fraction of sp³-hybridized carbons (Fsp3) is 0.188. The molecule has 100 valence electrons. The van der Waals surface area contributed by atoms with E-state index in [2.05, 4.69) is 15.0 Å². The third-order valence-corrected chi connectivity index (χ3v) is 3.23. The van der Waals surface area contributed by atoms with Crippen LogP contribution in [0.25, 0.3) is 22.2 Å². The van der Waals surface area contributed by atoms with Gasteiger partial charge in [-0.2, -0.15) is 0 Å². The Morgan fingerprint density at radius 3 is 2.80 bits per heavy atom. The van der Waals surface area contributed by atoms with Gasteiger partial charge in [-0.05, 0) is 12.1 Å². The van der Waals surface area contributed by atoms with Gasteiger partial charge >= 0.3 is 0 Å². The number of benzene rings is 1. The van der Waals surface area contributed by atoms with E-state index in [9.17, 15) is 4.79 Å². The molecule has 0 unspecified atom stereocenters. The highest BCUT2D eigenvalue weighted by atomic mass is 16.1. The number of aromatic nitrogens is 3. The minimum absolute atomic E-state index is 0.125. The highest BCUT2D eigenvalue weighted by molar-refractivity contribution is 5.93. The average Bonchev–Trinajstić information content (AvgIpc) is 2.46. The molecule has 0 aliphatic heterocycles. The molecular formula is C16H15N3O. The minimum Gasteiger partial charge on any atom is -0.310 e. The lowest BCUT2D eigenvalue weighted by atomic mass is 10.0. The van der Waals surface area contributed by atoms with Gasteiger partial charge in [-0.1, -0.05) is 32.0 Å². The Kier molecular flexibility index (Phi) is 3.06. The summed E-state index contributed by atoms with van der Waals surface area (Å²) in [7, 11) is 0. The number of rotatable bonds is 2. The molecule has 0 saturated heterocycles. The number of aromatic amines is 1. The van der Waals surface area contributed by atoms with Crippen LogP contribution in [0.1, 0.15) is 25.6 Å². The van der Waals surface area contributed by atoms with E-state index < -0.39 is 0 Å². The van der Waals surface area contributed by atoms with E-state index in [1.54, 1.807) is 6.20 Å². The van der Waals surface area contributed by atoms with Gasteiger partial charge in [-0.3, -0.25) is 9.78 Å². The van der Waals surface area contributed by atoms with Gasteiger partial charge in [0, 0.05) is 29.1 Å². The van der Waals surface area contributed by atoms with Crippen LogP contribution in [0.5, 0.6) is 0 Å². The zero-order valence-electron chi connectivity index (χ0n) is 11.4. The van der Waals surface area contributed by atoms with Crippen LogP contribution in [-0.2, 0) is 0 Å². The molecule has 0 saturated carbocycles. The van der Waals surface area contributed by atoms with E-state index in [1.165, 1.54) is 6.07 Å². The van der Waals surface area contributed by atoms with Gasteiger partial charge in [0.1, 0.15) is 5.82 Å². The van der Waals surface area contributed by atoms with Crippen molar-refractivity contribution in [1.29, 1.82) is 0 Å². The molecule has 3 aromatic rings. The fourth-order valence-electron chi connectivity index (χ4n) is 2.21. The van der Waals surface area contributed by atoms with E-state index in [0.29, 0.717) is 11.5 Å². The van der Waals surface area contributed by atoms with Crippen LogP contribution >= 0.6 is 0 Å². The van der Waals surface area contributed by atoms with Crippen molar-refractivity contribution in [1.82, 2.24) is 15.0 Å². The normalized spacial score (nSPS) is 11.2. The number of fused-ring (bicyclic) bond motifs is 1. The van der Waals surface area contributed by atoms with E-state index in [-0.39, 0.29) is 11.5 Å². The second-order valence-corrected chi connectivity index (χ2v) is 5.05. The maximum Gasteiger partial charge on any atom is 0.251 e. The molecule has 0 aliphatic rings. The molecule has 4 heteroatoms. The van der Waals surface area contributed by atoms with Crippen LogP contribution < -0.4 is 5.56 Å². The molecule has 0 spiro atoms. The summed E-state index contributed by atoms with van der Waals surface area (Å²) in [5, 5.41) is 1.00. The van der Waals surface area contributed by atoms with Crippen molar-refractivity contribution in [3.63, 3.8) is 0 Å². The molecule has 0 bridgehead atoms. The van der Waals surface area contributed by atoms with Crippen molar-refractivity contribution in [3.8, 4) is 11.3 Å². The fourth-order valence-corrected chi connectivity index (χ4v) is 2.21. The number of pyridine rings is 1. The molecule has 4 nitrogen and oxygen atoms in total. The molecule has 0 aliphatic carbocycles. The summed E-state index contributed by atoms with van der Waals surface area (Å²) in [5.74, 6) is 0.879. The summed E-state index contributed by atoms with van der Waals surface area (Å²) in [5.41, 5.74) is 2.40. The average molecular weight is 265 g/mol.